The Morgan fingerprint density at radius 2 is 1.80 bits per heavy atom. The molecule has 0 radical (unpaired) electrons. The van der Waals surface area contributed by atoms with Gasteiger partial charge in [-0.25, -0.2) is 21.6 Å². The van der Waals surface area contributed by atoms with Crippen molar-refractivity contribution in [1.82, 2.24) is 10.0 Å². The van der Waals surface area contributed by atoms with E-state index in [0.717, 1.165) is 5.56 Å². The summed E-state index contributed by atoms with van der Waals surface area (Å²) in [5, 5.41) is 2.54. The summed E-state index contributed by atoms with van der Waals surface area (Å²) in [6.07, 6.45) is 0.356. The van der Waals surface area contributed by atoms with Gasteiger partial charge in [0.1, 0.15) is 0 Å². The van der Waals surface area contributed by atoms with Gasteiger partial charge in [0.25, 0.3) is 0 Å². The molecule has 25 heavy (non-hydrogen) atoms. The standard InChI is InChI=1S/C16H24N2O5S2/c1-16(2,3)12-4-6-14(7-5-12)25(22,23)17-10-15(19)18-13-8-9-24(20,21)11-13/h4-7,13,17H,8-11H2,1-3H3,(H,18,19). The summed E-state index contributed by atoms with van der Waals surface area (Å²) in [5.41, 5.74) is 0.920. The fourth-order valence-corrected chi connectivity index (χ4v) is 5.22. The van der Waals surface area contributed by atoms with Crippen LogP contribution in [0.1, 0.15) is 32.8 Å². The molecule has 0 spiro atoms. The lowest BCUT2D eigenvalue weighted by molar-refractivity contribution is -0.120. The molecular weight excluding hydrogens is 364 g/mol. The van der Waals surface area contributed by atoms with Crippen molar-refractivity contribution in [2.24, 2.45) is 0 Å². The molecule has 1 saturated heterocycles. The number of carbonyl (C=O) groups is 1. The van der Waals surface area contributed by atoms with Gasteiger partial charge in [0.2, 0.25) is 15.9 Å². The van der Waals surface area contributed by atoms with E-state index in [2.05, 4.69) is 10.0 Å². The average Bonchev–Trinajstić information content (AvgIpc) is 2.83. The van der Waals surface area contributed by atoms with Crippen molar-refractivity contribution in [3.63, 3.8) is 0 Å². The van der Waals surface area contributed by atoms with Crippen molar-refractivity contribution in [3.8, 4) is 0 Å². The van der Waals surface area contributed by atoms with Gasteiger partial charge in [-0.2, -0.15) is 0 Å². The number of amides is 1. The normalized spacial score (nSPS) is 20.4. The molecular formula is C16H24N2O5S2. The second-order valence-corrected chi connectivity index (χ2v) is 11.3. The van der Waals surface area contributed by atoms with Gasteiger partial charge in [-0.3, -0.25) is 4.79 Å². The Balaban J connectivity index is 1.94. The molecule has 1 aromatic rings. The zero-order valence-electron chi connectivity index (χ0n) is 14.6. The zero-order chi connectivity index (χ0) is 18.9. The van der Waals surface area contributed by atoms with Crippen molar-refractivity contribution in [3.05, 3.63) is 29.8 Å². The number of carbonyl (C=O) groups excluding carboxylic acids is 1. The molecule has 0 saturated carbocycles. The van der Waals surface area contributed by atoms with Crippen LogP contribution < -0.4 is 10.0 Å². The van der Waals surface area contributed by atoms with Gasteiger partial charge in [0.05, 0.1) is 22.9 Å². The summed E-state index contributed by atoms with van der Waals surface area (Å²) in [7, 11) is -6.90. The van der Waals surface area contributed by atoms with Gasteiger partial charge in [-0.15, -0.1) is 0 Å². The molecule has 1 unspecified atom stereocenters. The van der Waals surface area contributed by atoms with Crippen LogP contribution in [0.2, 0.25) is 0 Å². The highest BCUT2D eigenvalue weighted by Crippen LogP contribution is 2.23. The van der Waals surface area contributed by atoms with Gasteiger partial charge in [-0.05, 0) is 29.5 Å². The smallest absolute Gasteiger partial charge is 0.241 e. The highest BCUT2D eigenvalue weighted by Gasteiger charge is 2.29. The van der Waals surface area contributed by atoms with E-state index in [4.69, 9.17) is 0 Å². The molecule has 0 aromatic heterocycles. The van der Waals surface area contributed by atoms with E-state index < -0.39 is 38.4 Å². The van der Waals surface area contributed by atoms with Gasteiger partial charge in [0, 0.05) is 6.04 Å². The lowest BCUT2D eigenvalue weighted by atomic mass is 9.87. The zero-order valence-corrected chi connectivity index (χ0v) is 16.2. The number of nitrogens with one attached hydrogen (secondary N) is 2. The van der Waals surface area contributed by atoms with Crippen LogP contribution >= 0.6 is 0 Å². The fourth-order valence-electron chi connectivity index (χ4n) is 2.57. The number of benzene rings is 1. The predicted octanol–water partition coefficient (Wildman–Crippen LogP) is 0.566. The maximum Gasteiger partial charge on any atom is 0.241 e. The third-order valence-corrected chi connectivity index (χ3v) is 7.24. The van der Waals surface area contributed by atoms with Crippen LogP contribution in [-0.2, 0) is 30.1 Å². The van der Waals surface area contributed by atoms with Crippen LogP contribution in [0.5, 0.6) is 0 Å². The second kappa shape index (κ2) is 7.05. The highest BCUT2D eigenvalue weighted by atomic mass is 32.2. The van der Waals surface area contributed by atoms with E-state index in [0.29, 0.717) is 6.42 Å². The molecule has 1 atom stereocenters. The van der Waals surface area contributed by atoms with Crippen LogP contribution in [0.4, 0.5) is 0 Å². The van der Waals surface area contributed by atoms with Crippen molar-refractivity contribution < 1.29 is 21.6 Å². The molecule has 0 aliphatic carbocycles. The van der Waals surface area contributed by atoms with Crippen LogP contribution in [0.15, 0.2) is 29.2 Å². The Hall–Kier alpha value is -1.45. The Bertz CT molecular complexity index is 838. The summed E-state index contributed by atoms with van der Waals surface area (Å²) >= 11 is 0. The Morgan fingerprint density at radius 3 is 2.28 bits per heavy atom. The quantitative estimate of drug-likeness (QED) is 0.766. The number of sulfonamides is 1. The van der Waals surface area contributed by atoms with E-state index in [9.17, 15) is 21.6 Å². The maximum absolute atomic E-state index is 12.3. The molecule has 7 nitrogen and oxygen atoms in total. The SMILES string of the molecule is CC(C)(C)c1ccc(S(=O)(=O)NCC(=O)NC2CCS(=O)(=O)C2)cc1. The number of hydrogen-bond donors (Lipinski definition) is 2. The molecule has 2 N–H and O–H groups in total. The topological polar surface area (TPSA) is 109 Å². The maximum atomic E-state index is 12.3. The first-order valence-corrected chi connectivity index (χ1v) is 11.3. The minimum absolute atomic E-state index is 0.0454. The second-order valence-electron chi connectivity index (χ2n) is 7.27. The first-order valence-electron chi connectivity index (χ1n) is 7.99. The molecule has 1 heterocycles. The van der Waals surface area contributed by atoms with Crippen molar-refractivity contribution >= 4 is 25.8 Å². The van der Waals surface area contributed by atoms with Crippen LogP contribution in [0, 0.1) is 0 Å². The summed E-state index contributed by atoms with van der Waals surface area (Å²) in [5.74, 6) is -0.596. The van der Waals surface area contributed by atoms with E-state index in [1.165, 1.54) is 12.1 Å². The summed E-state index contributed by atoms with van der Waals surface area (Å²) in [6, 6.07) is 6.05. The fraction of sp³-hybridized carbons (Fsp3) is 0.562. The third kappa shape index (κ3) is 5.52. The molecule has 140 valence electrons. The Morgan fingerprint density at radius 1 is 1.20 bits per heavy atom. The van der Waals surface area contributed by atoms with E-state index in [-0.39, 0.29) is 21.8 Å². The lowest BCUT2D eigenvalue weighted by Crippen LogP contribution is -2.42. The molecule has 0 bridgehead atoms. The molecule has 1 fully saturated rings. The minimum atomic E-state index is -3.80. The first-order chi connectivity index (χ1) is 11.4. The summed E-state index contributed by atoms with van der Waals surface area (Å²) in [6.45, 7) is 5.66. The number of hydrogen-bond acceptors (Lipinski definition) is 5. The van der Waals surface area contributed by atoms with Gasteiger partial charge >= 0.3 is 0 Å². The van der Waals surface area contributed by atoms with Crippen LogP contribution in [-0.4, -0.2) is 46.8 Å². The molecule has 9 heteroatoms. The largest absolute Gasteiger partial charge is 0.351 e. The highest BCUT2D eigenvalue weighted by molar-refractivity contribution is 7.91. The first kappa shape index (κ1) is 19.9. The van der Waals surface area contributed by atoms with Crippen LogP contribution in [0.25, 0.3) is 0 Å². The van der Waals surface area contributed by atoms with Gasteiger partial charge in [-0.1, -0.05) is 32.9 Å². The summed E-state index contributed by atoms with van der Waals surface area (Å²) in [4.78, 5) is 11.9. The van der Waals surface area contributed by atoms with E-state index in [1.54, 1.807) is 12.1 Å². The predicted molar refractivity (Wildman–Crippen MR) is 95.5 cm³/mol. The molecule has 1 aromatic carbocycles. The van der Waals surface area contributed by atoms with Crippen molar-refractivity contribution in [2.75, 3.05) is 18.1 Å². The molecule has 1 amide bonds. The van der Waals surface area contributed by atoms with E-state index >= 15 is 0 Å². The third-order valence-electron chi connectivity index (χ3n) is 4.05. The number of sulfone groups is 1. The number of rotatable bonds is 5. The van der Waals surface area contributed by atoms with Crippen LogP contribution in [0.3, 0.4) is 0 Å². The molecule has 1 aliphatic rings. The van der Waals surface area contributed by atoms with Crippen molar-refractivity contribution in [1.29, 1.82) is 0 Å². The van der Waals surface area contributed by atoms with Crippen molar-refractivity contribution in [2.45, 2.75) is 43.5 Å². The van der Waals surface area contributed by atoms with Gasteiger partial charge in [0.15, 0.2) is 9.84 Å². The van der Waals surface area contributed by atoms with E-state index in [1.807, 2.05) is 20.8 Å². The Kier molecular flexibility index (Phi) is 5.60. The molecule has 2 rings (SSSR count). The van der Waals surface area contributed by atoms with Gasteiger partial charge < -0.3 is 5.32 Å². The average molecular weight is 389 g/mol. The minimum Gasteiger partial charge on any atom is -0.351 e. The lowest BCUT2D eigenvalue weighted by Gasteiger charge is -2.19. The molecule has 1 aliphatic heterocycles. The summed E-state index contributed by atoms with van der Waals surface area (Å²) < 4.78 is 49.5. The Labute approximate surface area is 149 Å². The monoisotopic (exact) mass is 388 g/mol.